The van der Waals surface area contributed by atoms with Gasteiger partial charge in [-0.15, -0.1) is 0 Å². The number of hydrogen-bond donors (Lipinski definition) is 1. The Kier molecular flexibility index (Phi) is 8.03. The Labute approximate surface area is 156 Å². The van der Waals surface area contributed by atoms with E-state index in [1.165, 1.54) is 6.42 Å². The van der Waals surface area contributed by atoms with Gasteiger partial charge in [-0.3, -0.25) is 4.79 Å². The lowest BCUT2D eigenvalue weighted by Crippen LogP contribution is -2.32. The smallest absolute Gasteiger partial charge is 0.411 e. The highest BCUT2D eigenvalue weighted by molar-refractivity contribution is 6.30. The molecule has 1 aliphatic rings. The average Bonchev–Trinajstić information content (AvgIpc) is 2.60. The predicted molar refractivity (Wildman–Crippen MR) is 92.7 cm³/mol. The third-order valence-electron chi connectivity index (χ3n) is 4.21. The zero-order chi connectivity index (χ0) is 19.0. The zero-order valence-corrected chi connectivity index (χ0v) is 15.2. The molecule has 1 fully saturated rings. The van der Waals surface area contributed by atoms with Crippen molar-refractivity contribution in [1.82, 2.24) is 5.32 Å². The van der Waals surface area contributed by atoms with Gasteiger partial charge in [0.1, 0.15) is 12.4 Å². The van der Waals surface area contributed by atoms with Crippen molar-refractivity contribution in [2.24, 2.45) is 0 Å². The van der Waals surface area contributed by atoms with Gasteiger partial charge in [0.25, 0.3) is 5.91 Å². The van der Waals surface area contributed by atoms with Crippen LogP contribution in [-0.4, -0.2) is 38.4 Å². The fourth-order valence-electron chi connectivity index (χ4n) is 3.03. The molecule has 146 valence electrons. The SMILES string of the molecule is O=C(COc1ccc(Cl)cc1C1CCCCC1)NCCOCC(F)(F)F. The molecule has 1 aromatic carbocycles. The van der Waals surface area contributed by atoms with E-state index in [1.807, 2.05) is 6.07 Å². The van der Waals surface area contributed by atoms with Crippen LogP contribution in [0.15, 0.2) is 18.2 Å². The van der Waals surface area contributed by atoms with E-state index in [1.54, 1.807) is 12.1 Å². The summed E-state index contributed by atoms with van der Waals surface area (Å²) in [5, 5.41) is 3.10. The Morgan fingerprint density at radius 1 is 1.23 bits per heavy atom. The summed E-state index contributed by atoms with van der Waals surface area (Å²) in [6.07, 6.45) is 1.33. The van der Waals surface area contributed by atoms with Gasteiger partial charge >= 0.3 is 6.18 Å². The van der Waals surface area contributed by atoms with E-state index in [0.29, 0.717) is 16.7 Å². The number of carbonyl (C=O) groups excluding carboxylic acids is 1. The minimum absolute atomic E-state index is 0.00558. The first-order chi connectivity index (χ1) is 12.3. The summed E-state index contributed by atoms with van der Waals surface area (Å²) in [4.78, 5) is 11.8. The van der Waals surface area contributed by atoms with Crippen LogP contribution in [0.3, 0.4) is 0 Å². The van der Waals surface area contributed by atoms with Crippen LogP contribution in [0, 0.1) is 0 Å². The summed E-state index contributed by atoms with van der Waals surface area (Å²) in [7, 11) is 0. The normalized spacial score (nSPS) is 15.7. The van der Waals surface area contributed by atoms with Crippen LogP contribution in [0.4, 0.5) is 13.2 Å². The van der Waals surface area contributed by atoms with E-state index >= 15 is 0 Å². The molecule has 0 bridgehead atoms. The van der Waals surface area contributed by atoms with Crippen molar-refractivity contribution >= 4 is 17.5 Å². The molecule has 26 heavy (non-hydrogen) atoms. The van der Waals surface area contributed by atoms with Crippen molar-refractivity contribution in [3.8, 4) is 5.75 Å². The van der Waals surface area contributed by atoms with Crippen LogP contribution in [0.2, 0.25) is 5.02 Å². The number of carbonyl (C=O) groups is 1. The molecule has 2 rings (SSSR count). The molecule has 4 nitrogen and oxygen atoms in total. The fourth-order valence-corrected chi connectivity index (χ4v) is 3.21. The summed E-state index contributed by atoms with van der Waals surface area (Å²) >= 11 is 6.10. The van der Waals surface area contributed by atoms with Crippen molar-refractivity contribution in [2.75, 3.05) is 26.4 Å². The van der Waals surface area contributed by atoms with Crippen LogP contribution in [0.5, 0.6) is 5.75 Å². The Morgan fingerprint density at radius 3 is 2.65 bits per heavy atom. The maximum Gasteiger partial charge on any atom is 0.411 e. The van der Waals surface area contributed by atoms with Crippen molar-refractivity contribution in [2.45, 2.75) is 44.2 Å². The zero-order valence-electron chi connectivity index (χ0n) is 14.4. The first kappa shape index (κ1) is 20.8. The van der Waals surface area contributed by atoms with Crippen LogP contribution in [-0.2, 0) is 9.53 Å². The van der Waals surface area contributed by atoms with Gasteiger partial charge in [0.2, 0.25) is 0 Å². The molecular weight excluding hydrogens is 371 g/mol. The lowest BCUT2D eigenvalue weighted by Gasteiger charge is -2.24. The Balaban J connectivity index is 1.78. The van der Waals surface area contributed by atoms with E-state index in [2.05, 4.69) is 10.1 Å². The van der Waals surface area contributed by atoms with Gasteiger partial charge < -0.3 is 14.8 Å². The number of benzene rings is 1. The molecule has 0 spiro atoms. The molecule has 0 aliphatic heterocycles. The molecular formula is C18H23ClF3NO3. The first-order valence-corrected chi connectivity index (χ1v) is 9.06. The molecule has 0 aromatic heterocycles. The monoisotopic (exact) mass is 393 g/mol. The minimum atomic E-state index is -4.36. The van der Waals surface area contributed by atoms with Crippen LogP contribution >= 0.6 is 11.6 Å². The standard InChI is InChI=1S/C18H23ClF3NO3/c19-14-6-7-16(15(10-14)13-4-2-1-3-5-13)26-11-17(24)23-8-9-25-12-18(20,21)22/h6-7,10,13H,1-5,8-9,11-12H2,(H,23,24). The first-order valence-electron chi connectivity index (χ1n) is 8.68. The highest BCUT2D eigenvalue weighted by atomic mass is 35.5. The maximum absolute atomic E-state index is 11.9. The molecule has 1 amide bonds. The molecule has 8 heteroatoms. The van der Waals surface area contributed by atoms with Gasteiger partial charge in [-0.05, 0) is 42.5 Å². The quantitative estimate of drug-likeness (QED) is 0.663. The number of ether oxygens (including phenoxy) is 2. The second-order valence-corrected chi connectivity index (χ2v) is 6.76. The summed E-state index contributed by atoms with van der Waals surface area (Å²) in [6, 6.07) is 5.36. The number of alkyl halides is 3. The van der Waals surface area contributed by atoms with E-state index in [4.69, 9.17) is 16.3 Å². The van der Waals surface area contributed by atoms with Crippen LogP contribution in [0.1, 0.15) is 43.6 Å². The second kappa shape index (κ2) is 10.0. The average molecular weight is 394 g/mol. The molecule has 1 N–H and O–H groups in total. The molecule has 1 aromatic rings. The minimum Gasteiger partial charge on any atom is -0.483 e. The maximum atomic E-state index is 11.9. The molecule has 0 radical (unpaired) electrons. The highest BCUT2D eigenvalue weighted by Crippen LogP contribution is 2.38. The van der Waals surface area contributed by atoms with Crippen molar-refractivity contribution in [3.05, 3.63) is 28.8 Å². The van der Waals surface area contributed by atoms with Crippen LogP contribution in [0.25, 0.3) is 0 Å². The van der Waals surface area contributed by atoms with E-state index in [-0.39, 0.29) is 19.8 Å². The summed E-state index contributed by atoms with van der Waals surface area (Å²) in [6.45, 7) is -1.75. The molecule has 0 saturated heterocycles. The number of amides is 1. The Morgan fingerprint density at radius 2 is 1.96 bits per heavy atom. The molecule has 0 atom stereocenters. The van der Waals surface area contributed by atoms with Crippen molar-refractivity contribution in [1.29, 1.82) is 0 Å². The number of nitrogens with one attached hydrogen (secondary N) is 1. The largest absolute Gasteiger partial charge is 0.483 e. The van der Waals surface area contributed by atoms with Gasteiger partial charge in [-0.25, -0.2) is 0 Å². The molecule has 1 saturated carbocycles. The van der Waals surface area contributed by atoms with Gasteiger partial charge in [0, 0.05) is 11.6 Å². The Hall–Kier alpha value is -1.47. The topological polar surface area (TPSA) is 47.6 Å². The van der Waals surface area contributed by atoms with Gasteiger partial charge in [0.05, 0.1) is 6.61 Å². The number of hydrogen-bond acceptors (Lipinski definition) is 3. The van der Waals surface area contributed by atoms with Gasteiger partial charge in [0.15, 0.2) is 6.61 Å². The summed E-state index contributed by atoms with van der Waals surface area (Å²) in [5.74, 6) is 0.589. The van der Waals surface area contributed by atoms with Crippen LogP contribution < -0.4 is 10.1 Å². The molecule has 1 aliphatic carbocycles. The predicted octanol–water partition coefficient (Wildman–Crippen LogP) is 4.46. The Bertz CT molecular complexity index is 590. The lowest BCUT2D eigenvalue weighted by atomic mass is 9.84. The van der Waals surface area contributed by atoms with Crippen molar-refractivity contribution < 1.29 is 27.4 Å². The van der Waals surface area contributed by atoms with Crippen molar-refractivity contribution in [3.63, 3.8) is 0 Å². The van der Waals surface area contributed by atoms with E-state index < -0.39 is 18.7 Å². The summed E-state index contributed by atoms with van der Waals surface area (Å²) in [5.41, 5.74) is 1.01. The third kappa shape index (κ3) is 7.41. The second-order valence-electron chi connectivity index (χ2n) is 6.32. The van der Waals surface area contributed by atoms with Gasteiger partial charge in [-0.2, -0.15) is 13.2 Å². The third-order valence-corrected chi connectivity index (χ3v) is 4.44. The molecule has 0 unspecified atom stereocenters. The molecule has 0 heterocycles. The van der Waals surface area contributed by atoms with E-state index in [9.17, 15) is 18.0 Å². The summed E-state index contributed by atoms with van der Waals surface area (Å²) < 4.78 is 45.8. The number of rotatable bonds is 8. The van der Waals surface area contributed by atoms with Gasteiger partial charge in [-0.1, -0.05) is 30.9 Å². The number of halogens is 4. The highest BCUT2D eigenvalue weighted by Gasteiger charge is 2.27. The van der Waals surface area contributed by atoms with E-state index in [0.717, 1.165) is 31.2 Å². The lowest BCUT2D eigenvalue weighted by molar-refractivity contribution is -0.173. The fraction of sp³-hybridized carbons (Fsp3) is 0.611.